The topological polar surface area (TPSA) is 0 Å². The van der Waals surface area contributed by atoms with Gasteiger partial charge in [-0.1, -0.05) is 33.6 Å². The van der Waals surface area contributed by atoms with E-state index < -0.39 is 6.17 Å². The van der Waals surface area contributed by atoms with Crippen molar-refractivity contribution in [2.24, 2.45) is 5.92 Å². The van der Waals surface area contributed by atoms with Crippen molar-refractivity contribution in [1.29, 1.82) is 0 Å². The van der Waals surface area contributed by atoms with Gasteiger partial charge in [-0.05, 0) is 25.2 Å². The number of hydrogen-bond acceptors (Lipinski definition) is 0. The molecule has 0 aliphatic carbocycles. The molecule has 0 aromatic heterocycles. The molecule has 0 N–H and O–H groups in total. The van der Waals surface area contributed by atoms with E-state index in [0.29, 0.717) is 5.92 Å². The fraction of sp³-hybridized carbons (Fsp3) is 1.00. The quantitative estimate of drug-likeness (QED) is 0.552. The van der Waals surface area contributed by atoms with Gasteiger partial charge in [-0.25, -0.2) is 4.39 Å². The van der Waals surface area contributed by atoms with Crippen LogP contribution in [0.4, 0.5) is 4.39 Å². The van der Waals surface area contributed by atoms with Gasteiger partial charge in [0.1, 0.15) is 6.17 Å². The SMILES string of the molecule is CCCC(F)CCC(C)CC. The van der Waals surface area contributed by atoms with Crippen molar-refractivity contribution in [3.05, 3.63) is 0 Å². The van der Waals surface area contributed by atoms with Crippen molar-refractivity contribution in [2.75, 3.05) is 0 Å². The molecule has 0 rings (SSSR count). The van der Waals surface area contributed by atoms with Gasteiger partial charge in [-0.2, -0.15) is 0 Å². The fourth-order valence-corrected chi connectivity index (χ4v) is 1.13. The van der Waals surface area contributed by atoms with Crippen LogP contribution in [-0.4, -0.2) is 6.17 Å². The molecule has 0 aliphatic heterocycles. The average Bonchev–Trinajstić information content (AvgIpc) is 2.01. The highest BCUT2D eigenvalue weighted by molar-refractivity contribution is 4.58. The number of alkyl halides is 1. The first-order chi connectivity index (χ1) is 5.20. The normalized spacial score (nSPS) is 16.4. The molecule has 0 amide bonds. The summed E-state index contributed by atoms with van der Waals surface area (Å²) < 4.78 is 12.9. The zero-order valence-electron chi connectivity index (χ0n) is 8.07. The zero-order chi connectivity index (χ0) is 8.69. The summed E-state index contributed by atoms with van der Waals surface area (Å²) in [5.74, 6) is 0.699. The van der Waals surface area contributed by atoms with Crippen molar-refractivity contribution in [3.8, 4) is 0 Å². The summed E-state index contributed by atoms with van der Waals surface area (Å²) in [5, 5.41) is 0. The smallest absolute Gasteiger partial charge is 0.100 e. The number of halogens is 1. The van der Waals surface area contributed by atoms with Crippen LogP contribution in [0.25, 0.3) is 0 Å². The van der Waals surface area contributed by atoms with Gasteiger partial charge in [0.25, 0.3) is 0 Å². The Labute approximate surface area is 70.2 Å². The minimum Gasteiger partial charge on any atom is -0.247 e. The Hall–Kier alpha value is -0.0700. The predicted molar refractivity (Wildman–Crippen MR) is 48.5 cm³/mol. The van der Waals surface area contributed by atoms with E-state index in [4.69, 9.17) is 0 Å². The van der Waals surface area contributed by atoms with E-state index in [1.807, 2.05) is 6.92 Å². The van der Waals surface area contributed by atoms with Crippen LogP contribution in [0.1, 0.15) is 52.9 Å². The lowest BCUT2D eigenvalue weighted by Gasteiger charge is -2.10. The molecular weight excluding hydrogens is 139 g/mol. The largest absolute Gasteiger partial charge is 0.247 e. The molecule has 0 heterocycles. The van der Waals surface area contributed by atoms with E-state index in [1.54, 1.807) is 0 Å². The fourth-order valence-electron chi connectivity index (χ4n) is 1.13. The lowest BCUT2D eigenvalue weighted by atomic mass is 9.99. The lowest BCUT2D eigenvalue weighted by molar-refractivity contribution is 0.272. The Morgan fingerprint density at radius 2 is 1.73 bits per heavy atom. The Morgan fingerprint density at radius 1 is 1.09 bits per heavy atom. The summed E-state index contributed by atoms with van der Waals surface area (Å²) in [6, 6.07) is 0. The average molecular weight is 160 g/mol. The van der Waals surface area contributed by atoms with E-state index in [9.17, 15) is 4.39 Å². The lowest BCUT2D eigenvalue weighted by Crippen LogP contribution is -2.02. The van der Waals surface area contributed by atoms with E-state index in [1.165, 1.54) is 6.42 Å². The van der Waals surface area contributed by atoms with Crippen LogP contribution < -0.4 is 0 Å². The molecule has 0 aliphatic rings. The van der Waals surface area contributed by atoms with Gasteiger partial charge < -0.3 is 0 Å². The maximum absolute atomic E-state index is 12.9. The third-order valence-corrected chi connectivity index (χ3v) is 2.27. The Morgan fingerprint density at radius 3 is 2.18 bits per heavy atom. The van der Waals surface area contributed by atoms with Crippen molar-refractivity contribution in [3.63, 3.8) is 0 Å². The summed E-state index contributed by atoms with van der Waals surface area (Å²) in [6.45, 7) is 6.40. The molecule has 0 nitrogen and oxygen atoms in total. The molecule has 0 bridgehead atoms. The molecule has 1 heteroatoms. The van der Waals surface area contributed by atoms with Crippen LogP contribution in [0.3, 0.4) is 0 Å². The Balaban J connectivity index is 3.22. The van der Waals surface area contributed by atoms with Crippen LogP contribution in [0.15, 0.2) is 0 Å². The molecule has 68 valence electrons. The summed E-state index contributed by atoms with van der Waals surface area (Å²) in [6.07, 6.45) is 4.17. The van der Waals surface area contributed by atoms with Crippen molar-refractivity contribution >= 4 is 0 Å². The van der Waals surface area contributed by atoms with Gasteiger partial charge in [0, 0.05) is 0 Å². The molecule has 0 fully saturated rings. The van der Waals surface area contributed by atoms with E-state index >= 15 is 0 Å². The molecule has 0 radical (unpaired) electrons. The Bertz CT molecular complexity index is 80.9. The first-order valence-corrected chi connectivity index (χ1v) is 4.84. The molecule has 0 aromatic rings. The van der Waals surface area contributed by atoms with Crippen LogP contribution in [0.2, 0.25) is 0 Å². The number of hydrogen-bond donors (Lipinski definition) is 0. The molecule has 11 heavy (non-hydrogen) atoms. The van der Waals surface area contributed by atoms with Crippen molar-refractivity contribution in [2.45, 2.75) is 59.0 Å². The minimum atomic E-state index is -0.547. The Kier molecular flexibility index (Phi) is 6.59. The number of rotatable bonds is 6. The van der Waals surface area contributed by atoms with Gasteiger partial charge in [-0.3, -0.25) is 0 Å². The highest BCUT2D eigenvalue weighted by Gasteiger charge is 2.06. The second-order valence-electron chi connectivity index (χ2n) is 3.48. The van der Waals surface area contributed by atoms with Gasteiger partial charge in [0.05, 0.1) is 0 Å². The van der Waals surface area contributed by atoms with Gasteiger partial charge in [0.2, 0.25) is 0 Å². The highest BCUT2D eigenvalue weighted by Crippen LogP contribution is 2.15. The summed E-state index contributed by atoms with van der Waals surface area (Å²) in [5.41, 5.74) is 0. The second kappa shape index (κ2) is 6.63. The standard InChI is InChI=1S/C10H21F/c1-4-6-10(11)8-7-9(3)5-2/h9-10H,4-8H2,1-3H3. The molecule has 2 atom stereocenters. The van der Waals surface area contributed by atoms with Gasteiger partial charge in [-0.15, -0.1) is 0 Å². The van der Waals surface area contributed by atoms with Crippen LogP contribution in [-0.2, 0) is 0 Å². The molecule has 0 spiro atoms. The van der Waals surface area contributed by atoms with Crippen LogP contribution >= 0.6 is 0 Å². The van der Waals surface area contributed by atoms with E-state index in [0.717, 1.165) is 25.7 Å². The maximum atomic E-state index is 12.9. The molecule has 0 aromatic carbocycles. The van der Waals surface area contributed by atoms with Crippen LogP contribution in [0.5, 0.6) is 0 Å². The third-order valence-electron chi connectivity index (χ3n) is 2.27. The third kappa shape index (κ3) is 6.33. The van der Waals surface area contributed by atoms with Crippen molar-refractivity contribution in [1.82, 2.24) is 0 Å². The second-order valence-corrected chi connectivity index (χ2v) is 3.48. The van der Waals surface area contributed by atoms with E-state index in [-0.39, 0.29) is 0 Å². The van der Waals surface area contributed by atoms with Crippen LogP contribution in [0, 0.1) is 5.92 Å². The molecular formula is C10H21F. The van der Waals surface area contributed by atoms with Gasteiger partial charge >= 0.3 is 0 Å². The predicted octanol–water partition coefficient (Wildman–Crippen LogP) is 3.95. The minimum absolute atomic E-state index is 0.547. The maximum Gasteiger partial charge on any atom is 0.100 e. The summed E-state index contributed by atoms with van der Waals surface area (Å²) in [4.78, 5) is 0. The highest BCUT2D eigenvalue weighted by atomic mass is 19.1. The zero-order valence-corrected chi connectivity index (χ0v) is 8.07. The first kappa shape index (κ1) is 10.9. The summed E-state index contributed by atoms with van der Waals surface area (Å²) in [7, 11) is 0. The molecule has 0 saturated heterocycles. The summed E-state index contributed by atoms with van der Waals surface area (Å²) >= 11 is 0. The molecule has 2 unspecified atom stereocenters. The monoisotopic (exact) mass is 160 g/mol. The van der Waals surface area contributed by atoms with E-state index in [2.05, 4.69) is 13.8 Å². The van der Waals surface area contributed by atoms with Crippen molar-refractivity contribution < 1.29 is 4.39 Å². The first-order valence-electron chi connectivity index (χ1n) is 4.84. The molecule has 0 saturated carbocycles. The van der Waals surface area contributed by atoms with Gasteiger partial charge in [0.15, 0.2) is 0 Å².